The fourth-order valence-corrected chi connectivity index (χ4v) is 1.62. The predicted molar refractivity (Wildman–Crippen MR) is 57.4 cm³/mol. The second kappa shape index (κ2) is 5.69. The van der Waals surface area contributed by atoms with Crippen LogP contribution in [0.3, 0.4) is 0 Å². The van der Waals surface area contributed by atoms with Crippen LogP contribution >= 0.6 is 0 Å². The molecule has 1 heterocycles. The molecule has 2 unspecified atom stereocenters. The third kappa shape index (κ3) is 4.40. The molecule has 0 aliphatic carbocycles. The molecule has 1 saturated heterocycles. The van der Waals surface area contributed by atoms with Gasteiger partial charge in [-0.1, -0.05) is 6.92 Å². The Kier molecular flexibility index (Phi) is 4.85. The third-order valence-electron chi connectivity index (χ3n) is 2.93. The molecule has 3 nitrogen and oxygen atoms in total. The first-order chi connectivity index (χ1) is 6.64. The molecule has 3 heteroatoms. The van der Waals surface area contributed by atoms with E-state index in [9.17, 15) is 5.11 Å². The molecule has 2 N–H and O–H groups in total. The Morgan fingerprint density at radius 3 is 2.93 bits per heavy atom. The highest BCUT2D eigenvalue weighted by atomic mass is 16.5. The molecule has 0 amide bonds. The van der Waals surface area contributed by atoms with Crippen LogP contribution in [0.2, 0.25) is 0 Å². The van der Waals surface area contributed by atoms with E-state index in [0.29, 0.717) is 12.6 Å². The van der Waals surface area contributed by atoms with E-state index in [1.54, 1.807) is 0 Å². The molecule has 0 spiro atoms. The van der Waals surface area contributed by atoms with Gasteiger partial charge in [0.15, 0.2) is 0 Å². The Labute approximate surface area is 86.8 Å². The van der Waals surface area contributed by atoms with E-state index in [1.807, 2.05) is 13.8 Å². The summed E-state index contributed by atoms with van der Waals surface area (Å²) in [5.41, 5.74) is -0.559. The molecule has 1 fully saturated rings. The van der Waals surface area contributed by atoms with Gasteiger partial charge in [-0.2, -0.15) is 0 Å². The van der Waals surface area contributed by atoms with Crippen molar-refractivity contribution in [2.24, 2.45) is 0 Å². The van der Waals surface area contributed by atoms with Gasteiger partial charge in [0.1, 0.15) is 0 Å². The number of hydrogen-bond donors (Lipinski definition) is 2. The van der Waals surface area contributed by atoms with E-state index in [0.717, 1.165) is 26.0 Å². The van der Waals surface area contributed by atoms with Gasteiger partial charge in [0.2, 0.25) is 0 Å². The maximum absolute atomic E-state index is 9.72. The first-order valence-corrected chi connectivity index (χ1v) is 5.69. The Bertz CT molecular complexity index is 153. The van der Waals surface area contributed by atoms with Gasteiger partial charge in [-0.25, -0.2) is 0 Å². The van der Waals surface area contributed by atoms with Crippen LogP contribution in [0.5, 0.6) is 0 Å². The normalized spacial score (nSPS) is 26.4. The molecule has 1 rings (SSSR count). The fraction of sp³-hybridized carbons (Fsp3) is 1.00. The number of hydrogen-bond acceptors (Lipinski definition) is 3. The van der Waals surface area contributed by atoms with Crippen LogP contribution in [0, 0.1) is 0 Å². The molecule has 84 valence electrons. The van der Waals surface area contributed by atoms with Crippen molar-refractivity contribution in [3.05, 3.63) is 0 Å². The summed E-state index contributed by atoms with van der Waals surface area (Å²) in [6, 6.07) is 0. The van der Waals surface area contributed by atoms with Gasteiger partial charge in [-0.05, 0) is 39.2 Å². The van der Waals surface area contributed by atoms with E-state index in [-0.39, 0.29) is 0 Å². The van der Waals surface area contributed by atoms with Crippen molar-refractivity contribution in [1.82, 2.24) is 5.32 Å². The minimum Gasteiger partial charge on any atom is -0.389 e. The summed E-state index contributed by atoms with van der Waals surface area (Å²) >= 11 is 0. The molecule has 0 saturated carbocycles. The lowest BCUT2D eigenvalue weighted by Crippen LogP contribution is -2.38. The quantitative estimate of drug-likeness (QED) is 0.637. The molecule has 0 aromatic rings. The van der Waals surface area contributed by atoms with E-state index >= 15 is 0 Å². The van der Waals surface area contributed by atoms with E-state index < -0.39 is 5.60 Å². The van der Waals surface area contributed by atoms with Crippen LogP contribution in [0.4, 0.5) is 0 Å². The van der Waals surface area contributed by atoms with Gasteiger partial charge in [0, 0.05) is 13.2 Å². The summed E-state index contributed by atoms with van der Waals surface area (Å²) in [4.78, 5) is 0. The number of rotatable bonds is 6. The first-order valence-electron chi connectivity index (χ1n) is 5.69. The van der Waals surface area contributed by atoms with Crippen molar-refractivity contribution in [1.29, 1.82) is 0 Å². The molecule has 2 atom stereocenters. The van der Waals surface area contributed by atoms with E-state index in [4.69, 9.17) is 4.74 Å². The van der Waals surface area contributed by atoms with Gasteiger partial charge in [0.05, 0.1) is 11.7 Å². The Balaban J connectivity index is 1.98. The zero-order chi connectivity index (χ0) is 10.4. The molecular formula is C11H23NO2. The highest BCUT2D eigenvalue weighted by molar-refractivity contribution is 4.74. The van der Waals surface area contributed by atoms with Crippen molar-refractivity contribution in [3.8, 4) is 0 Å². The summed E-state index contributed by atoms with van der Waals surface area (Å²) in [7, 11) is 0. The standard InChI is InChI=1S/C11H23NO2/c1-3-11(2,13)9-12-7-6-10-5-4-8-14-10/h10,12-13H,3-9H2,1-2H3. The van der Waals surface area contributed by atoms with Crippen LogP contribution < -0.4 is 5.32 Å². The molecule has 1 aliphatic heterocycles. The minimum absolute atomic E-state index is 0.453. The Morgan fingerprint density at radius 2 is 2.36 bits per heavy atom. The maximum Gasteiger partial charge on any atom is 0.0740 e. The SMILES string of the molecule is CCC(C)(O)CNCCC1CCCO1. The zero-order valence-electron chi connectivity index (χ0n) is 9.38. The number of nitrogens with one attached hydrogen (secondary N) is 1. The Hall–Kier alpha value is -0.120. The van der Waals surface area contributed by atoms with Crippen LogP contribution in [-0.2, 0) is 4.74 Å². The average molecular weight is 201 g/mol. The van der Waals surface area contributed by atoms with Crippen LogP contribution in [0.15, 0.2) is 0 Å². The zero-order valence-corrected chi connectivity index (χ0v) is 9.38. The molecule has 1 aliphatic rings. The lowest BCUT2D eigenvalue weighted by molar-refractivity contribution is 0.0533. The van der Waals surface area contributed by atoms with Crippen molar-refractivity contribution >= 4 is 0 Å². The van der Waals surface area contributed by atoms with Crippen LogP contribution in [0.25, 0.3) is 0 Å². The van der Waals surface area contributed by atoms with Gasteiger partial charge in [0.25, 0.3) is 0 Å². The molecular weight excluding hydrogens is 178 g/mol. The monoisotopic (exact) mass is 201 g/mol. The average Bonchev–Trinajstić information content (AvgIpc) is 2.65. The van der Waals surface area contributed by atoms with Crippen molar-refractivity contribution < 1.29 is 9.84 Å². The third-order valence-corrected chi connectivity index (χ3v) is 2.93. The van der Waals surface area contributed by atoms with E-state index in [2.05, 4.69) is 5.32 Å². The van der Waals surface area contributed by atoms with Crippen molar-refractivity contribution in [2.45, 2.75) is 51.2 Å². The Morgan fingerprint density at radius 1 is 1.57 bits per heavy atom. The van der Waals surface area contributed by atoms with E-state index in [1.165, 1.54) is 12.8 Å². The van der Waals surface area contributed by atoms with Crippen molar-refractivity contribution in [3.63, 3.8) is 0 Å². The topological polar surface area (TPSA) is 41.5 Å². The summed E-state index contributed by atoms with van der Waals surface area (Å²) in [6.07, 6.45) is 4.72. The molecule has 0 radical (unpaired) electrons. The second-order valence-electron chi connectivity index (χ2n) is 4.45. The lowest BCUT2D eigenvalue weighted by Gasteiger charge is -2.22. The van der Waals surface area contributed by atoms with Gasteiger partial charge in [-0.15, -0.1) is 0 Å². The summed E-state index contributed by atoms with van der Waals surface area (Å²) < 4.78 is 5.51. The number of aliphatic hydroxyl groups is 1. The molecule has 14 heavy (non-hydrogen) atoms. The summed E-state index contributed by atoms with van der Waals surface area (Å²) in [5.74, 6) is 0. The maximum atomic E-state index is 9.72. The van der Waals surface area contributed by atoms with Crippen LogP contribution in [0.1, 0.15) is 39.5 Å². The predicted octanol–water partition coefficient (Wildman–Crippen LogP) is 1.31. The molecule has 0 aromatic heterocycles. The van der Waals surface area contributed by atoms with Gasteiger partial charge in [-0.3, -0.25) is 0 Å². The highest BCUT2D eigenvalue weighted by Gasteiger charge is 2.18. The second-order valence-corrected chi connectivity index (χ2v) is 4.45. The minimum atomic E-state index is -0.559. The van der Waals surface area contributed by atoms with Crippen molar-refractivity contribution in [2.75, 3.05) is 19.7 Å². The fourth-order valence-electron chi connectivity index (χ4n) is 1.62. The largest absolute Gasteiger partial charge is 0.389 e. The summed E-state index contributed by atoms with van der Waals surface area (Å²) in [5, 5.41) is 13.0. The number of ether oxygens (including phenoxy) is 1. The highest BCUT2D eigenvalue weighted by Crippen LogP contribution is 2.14. The molecule has 0 bridgehead atoms. The van der Waals surface area contributed by atoms with Crippen LogP contribution in [-0.4, -0.2) is 36.5 Å². The summed E-state index contributed by atoms with van der Waals surface area (Å²) in [6.45, 7) is 6.42. The van der Waals surface area contributed by atoms with Gasteiger partial charge < -0.3 is 15.2 Å². The first kappa shape index (κ1) is 12.0. The smallest absolute Gasteiger partial charge is 0.0740 e. The molecule has 0 aromatic carbocycles. The lowest BCUT2D eigenvalue weighted by atomic mass is 10.0. The van der Waals surface area contributed by atoms with Gasteiger partial charge >= 0.3 is 0 Å².